The van der Waals surface area contributed by atoms with Gasteiger partial charge in [-0.3, -0.25) is 9.59 Å². The van der Waals surface area contributed by atoms with Crippen molar-refractivity contribution in [3.8, 4) is 0 Å². The van der Waals surface area contributed by atoms with E-state index in [9.17, 15) is 14.4 Å². The number of urea groups is 1. The second-order valence-corrected chi connectivity index (χ2v) is 6.26. The fourth-order valence-electron chi connectivity index (χ4n) is 2.25. The van der Waals surface area contributed by atoms with E-state index >= 15 is 0 Å². The lowest BCUT2D eigenvalue weighted by Gasteiger charge is -2.22. The molecule has 2 unspecified atom stereocenters. The van der Waals surface area contributed by atoms with Gasteiger partial charge in [-0.05, 0) is 25.0 Å². The van der Waals surface area contributed by atoms with Gasteiger partial charge >= 0.3 is 18.0 Å². The summed E-state index contributed by atoms with van der Waals surface area (Å²) in [7, 11) is 0. The van der Waals surface area contributed by atoms with Crippen LogP contribution in [0.15, 0.2) is 0 Å². The van der Waals surface area contributed by atoms with Crippen LogP contribution in [0.4, 0.5) is 4.79 Å². The molecule has 2 atom stereocenters. The molecule has 1 saturated carbocycles. The molecule has 1 rings (SSSR count). The van der Waals surface area contributed by atoms with Crippen LogP contribution < -0.4 is 5.32 Å². The van der Waals surface area contributed by atoms with Crippen LogP contribution in [0.5, 0.6) is 0 Å². The summed E-state index contributed by atoms with van der Waals surface area (Å²) < 4.78 is 0. The normalized spacial score (nSPS) is 21.4. The maximum Gasteiger partial charge on any atom is 0.323 e. The Kier molecular flexibility index (Phi) is 6.63. The second kappa shape index (κ2) is 7.98. The van der Waals surface area contributed by atoms with Crippen molar-refractivity contribution < 1.29 is 24.6 Å². The Morgan fingerprint density at radius 1 is 1.20 bits per heavy atom. The van der Waals surface area contributed by atoms with Crippen LogP contribution >= 0.6 is 11.8 Å². The first-order valence-corrected chi connectivity index (χ1v) is 7.57. The smallest absolute Gasteiger partial charge is 0.323 e. The first kappa shape index (κ1) is 16.6. The molecule has 0 spiro atoms. The van der Waals surface area contributed by atoms with E-state index in [1.165, 1.54) is 0 Å². The van der Waals surface area contributed by atoms with Crippen molar-refractivity contribution in [3.05, 3.63) is 0 Å². The number of carboxylic acids is 2. The van der Waals surface area contributed by atoms with E-state index in [4.69, 9.17) is 10.2 Å². The van der Waals surface area contributed by atoms with Crippen LogP contribution in [-0.2, 0) is 9.59 Å². The van der Waals surface area contributed by atoms with Crippen LogP contribution in [0.1, 0.15) is 26.2 Å². The lowest BCUT2D eigenvalue weighted by Crippen LogP contribution is -2.48. The molecule has 0 aromatic carbocycles. The molecule has 0 heterocycles. The lowest BCUT2D eigenvalue weighted by molar-refractivity contribution is -0.140. The summed E-state index contributed by atoms with van der Waals surface area (Å²) >= 11 is 1.85. The third-order valence-corrected chi connectivity index (χ3v) is 4.29. The van der Waals surface area contributed by atoms with Crippen LogP contribution in [0.25, 0.3) is 0 Å². The van der Waals surface area contributed by atoms with Gasteiger partial charge in [0.05, 0.1) is 0 Å². The van der Waals surface area contributed by atoms with Crippen molar-refractivity contribution in [1.82, 2.24) is 10.2 Å². The van der Waals surface area contributed by atoms with E-state index in [2.05, 4.69) is 12.2 Å². The highest BCUT2D eigenvalue weighted by Gasteiger charge is 2.28. The van der Waals surface area contributed by atoms with E-state index in [0.717, 1.165) is 29.9 Å². The average Bonchev–Trinajstić information content (AvgIpc) is 2.75. The van der Waals surface area contributed by atoms with Crippen LogP contribution in [-0.4, -0.2) is 63.2 Å². The number of nitrogens with zero attached hydrogens (tertiary/aromatic N) is 1. The molecular weight excluding hydrogens is 284 g/mol. The largest absolute Gasteiger partial charge is 0.480 e. The number of aliphatic carboxylic acids is 2. The van der Waals surface area contributed by atoms with Crippen molar-refractivity contribution in [2.24, 2.45) is 0 Å². The summed E-state index contributed by atoms with van der Waals surface area (Å²) in [6.07, 6.45) is 2.71. The van der Waals surface area contributed by atoms with E-state index in [0.29, 0.717) is 5.25 Å². The van der Waals surface area contributed by atoms with Gasteiger partial charge in [0.2, 0.25) is 0 Å². The number of nitrogens with one attached hydrogen (secondary N) is 1. The molecular formula is C12H20N2O5S. The molecule has 0 aromatic rings. The van der Waals surface area contributed by atoms with E-state index in [-0.39, 0.29) is 6.04 Å². The number of hydrogen-bond donors (Lipinski definition) is 3. The third kappa shape index (κ3) is 5.68. The number of amides is 2. The fraction of sp³-hybridized carbons (Fsp3) is 0.750. The topological polar surface area (TPSA) is 107 Å². The predicted octanol–water partition coefficient (Wildman–Crippen LogP) is 0.841. The molecule has 8 heteroatoms. The molecule has 1 aliphatic rings. The summed E-state index contributed by atoms with van der Waals surface area (Å²) in [6, 6.07) is -0.626. The Morgan fingerprint density at radius 2 is 1.80 bits per heavy atom. The highest BCUT2D eigenvalue weighted by atomic mass is 32.2. The van der Waals surface area contributed by atoms with Crippen molar-refractivity contribution >= 4 is 29.7 Å². The molecule has 0 radical (unpaired) electrons. The lowest BCUT2D eigenvalue weighted by atomic mass is 10.2. The molecule has 7 nitrogen and oxygen atoms in total. The highest BCUT2D eigenvalue weighted by molar-refractivity contribution is 7.99. The molecule has 0 bridgehead atoms. The van der Waals surface area contributed by atoms with Gasteiger partial charge < -0.3 is 20.4 Å². The van der Waals surface area contributed by atoms with E-state index in [1.54, 1.807) is 0 Å². The zero-order valence-corrected chi connectivity index (χ0v) is 12.2. The maximum absolute atomic E-state index is 11.9. The zero-order chi connectivity index (χ0) is 15.1. The van der Waals surface area contributed by atoms with E-state index in [1.807, 2.05) is 11.8 Å². The summed E-state index contributed by atoms with van der Waals surface area (Å²) in [4.78, 5) is 34.0. The highest BCUT2D eigenvalue weighted by Crippen LogP contribution is 2.29. The van der Waals surface area contributed by atoms with Gasteiger partial charge in [-0.25, -0.2) is 4.79 Å². The van der Waals surface area contributed by atoms with Gasteiger partial charge in [-0.1, -0.05) is 6.92 Å². The molecule has 0 saturated heterocycles. The zero-order valence-electron chi connectivity index (χ0n) is 11.4. The predicted molar refractivity (Wildman–Crippen MR) is 74.9 cm³/mol. The Labute approximate surface area is 121 Å². The first-order valence-electron chi connectivity index (χ1n) is 6.53. The van der Waals surface area contributed by atoms with Gasteiger partial charge in [0.15, 0.2) is 0 Å². The van der Waals surface area contributed by atoms with Crippen molar-refractivity contribution in [2.75, 3.05) is 18.8 Å². The van der Waals surface area contributed by atoms with Crippen molar-refractivity contribution in [1.29, 1.82) is 0 Å². The van der Waals surface area contributed by atoms with Gasteiger partial charge in [-0.2, -0.15) is 11.8 Å². The number of carbonyl (C=O) groups is 3. The fourth-order valence-corrected chi connectivity index (χ4v) is 3.39. The van der Waals surface area contributed by atoms with Gasteiger partial charge in [0, 0.05) is 11.3 Å². The Hall–Kier alpha value is -1.44. The molecule has 1 aliphatic carbocycles. The summed E-state index contributed by atoms with van der Waals surface area (Å²) in [5.41, 5.74) is 0. The minimum absolute atomic E-state index is 0.00311. The van der Waals surface area contributed by atoms with Crippen LogP contribution in [0.3, 0.4) is 0 Å². The maximum atomic E-state index is 11.9. The monoisotopic (exact) mass is 304 g/mol. The number of thioether (sulfide) groups is 1. The number of rotatable bonds is 7. The van der Waals surface area contributed by atoms with Crippen molar-refractivity contribution in [3.63, 3.8) is 0 Å². The molecule has 3 N–H and O–H groups in total. The Balaban J connectivity index is 2.49. The van der Waals surface area contributed by atoms with Gasteiger partial charge in [0.1, 0.15) is 13.1 Å². The summed E-state index contributed by atoms with van der Waals surface area (Å²) in [5, 5.41) is 20.6. The SMILES string of the molecule is CCSC1CCC(NC(=O)N(CC(=O)O)CC(=O)O)C1. The van der Waals surface area contributed by atoms with E-state index < -0.39 is 31.1 Å². The Bertz CT molecular complexity index is 361. The van der Waals surface area contributed by atoms with Gasteiger partial charge in [0.25, 0.3) is 0 Å². The molecule has 0 aliphatic heterocycles. The quantitative estimate of drug-likeness (QED) is 0.643. The summed E-state index contributed by atoms with van der Waals surface area (Å²) in [6.45, 7) is 0.855. The third-order valence-electron chi connectivity index (χ3n) is 3.05. The van der Waals surface area contributed by atoms with Gasteiger partial charge in [-0.15, -0.1) is 0 Å². The number of hydrogen-bond acceptors (Lipinski definition) is 4. The van der Waals surface area contributed by atoms with Crippen LogP contribution in [0.2, 0.25) is 0 Å². The first-order chi connectivity index (χ1) is 9.42. The second-order valence-electron chi connectivity index (χ2n) is 4.68. The van der Waals surface area contributed by atoms with Crippen molar-refractivity contribution in [2.45, 2.75) is 37.5 Å². The standard InChI is InChI=1S/C12H20N2O5S/c1-2-20-9-4-3-8(5-9)13-12(19)14(6-10(15)16)7-11(17)18/h8-9H,2-7H2,1H3,(H,13,19)(H,15,16)(H,17,18). The molecule has 2 amide bonds. The van der Waals surface area contributed by atoms with Crippen LogP contribution in [0, 0.1) is 0 Å². The number of carboxylic acid groups (broad SMARTS) is 2. The minimum atomic E-state index is -1.23. The summed E-state index contributed by atoms with van der Waals surface area (Å²) in [5.74, 6) is -1.44. The average molecular weight is 304 g/mol. The number of carbonyl (C=O) groups excluding carboxylic acids is 1. The molecule has 0 aromatic heterocycles. The minimum Gasteiger partial charge on any atom is -0.480 e. The molecule has 114 valence electrons. The Morgan fingerprint density at radius 3 is 2.30 bits per heavy atom. The molecule has 20 heavy (non-hydrogen) atoms. The molecule has 1 fully saturated rings.